The van der Waals surface area contributed by atoms with Crippen molar-refractivity contribution in [2.75, 3.05) is 20.1 Å². The van der Waals surface area contributed by atoms with Crippen molar-refractivity contribution < 1.29 is 5.11 Å². The van der Waals surface area contributed by atoms with Crippen molar-refractivity contribution in [1.29, 1.82) is 0 Å². The fourth-order valence-electron chi connectivity index (χ4n) is 2.03. The lowest BCUT2D eigenvalue weighted by Crippen LogP contribution is -2.52. The van der Waals surface area contributed by atoms with Gasteiger partial charge in [-0.2, -0.15) is 0 Å². The number of aliphatic hydroxyl groups is 1. The maximum absolute atomic E-state index is 10.3. The zero-order chi connectivity index (χ0) is 10.1. The van der Waals surface area contributed by atoms with Gasteiger partial charge in [0.1, 0.15) is 0 Å². The molecule has 3 N–H and O–H groups in total. The maximum atomic E-state index is 10.3. The fraction of sp³-hybridized carbons (Fsp3) is 1.00. The molecular formula is C10H22N2O. The Bertz CT molecular complexity index is 174. The van der Waals surface area contributed by atoms with E-state index < -0.39 is 5.60 Å². The molecule has 1 fully saturated rings. The zero-order valence-corrected chi connectivity index (χ0v) is 8.95. The van der Waals surface area contributed by atoms with Gasteiger partial charge in [0.2, 0.25) is 0 Å². The SMILES string of the molecule is CC1CC(O)(C(C)CN)CCN1C. The second-order valence-electron chi connectivity index (χ2n) is 4.52. The molecule has 0 aromatic carbocycles. The van der Waals surface area contributed by atoms with Crippen LogP contribution in [0.15, 0.2) is 0 Å². The molecule has 78 valence electrons. The lowest BCUT2D eigenvalue weighted by atomic mass is 9.78. The number of likely N-dealkylation sites (tertiary alicyclic amines) is 1. The number of nitrogens with zero attached hydrogens (tertiary/aromatic N) is 1. The van der Waals surface area contributed by atoms with Crippen molar-refractivity contribution in [3.63, 3.8) is 0 Å². The molecule has 0 aromatic rings. The lowest BCUT2D eigenvalue weighted by molar-refractivity contribution is -0.0715. The van der Waals surface area contributed by atoms with Crippen LogP contribution in [-0.4, -0.2) is 41.8 Å². The summed E-state index contributed by atoms with van der Waals surface area (Å²) in [7, 11) is 2.11. The zero-order valence-electron chi connectivity index (χ0n) is 8.95. The monoisotopic (exact) mass is 186 g/mol. The Hall–Kier alpha value is -0.120. The molecule has 0 bridgehead atoms. The molecule has 3 atom stereocenters. The largest absolute Gasteiger partial charge is 0.389 e. The number of piperidine rings is 1. The highest BCUT2D eigenvalue weighted by Gasteiger charge is 2.38. The Morgan fingerprint density at radius 2 is 2.31 bits per heavy atom. The summed E-state index contributed by atoms with van der Waals surface area (Å²) in [4.78, 5) is 2.29. The van der Waals surface area contributed by atoms with E-state index in [9.17, 15) is 5.11 Å². The Morgan fingerprint density at radius 1 is 1.69 bits per heavy atom. The molecule has 3 nitrogen and oxygen atoms in total. The van der Waals surface area contributed by atoms with Crippen molar-refractivity contribution in [3.8, 4) is 0 Å². The molecule has 3 unspecified atom stereocenters. The van der Waals surface area contributed by atoms with Crippen LogP contribution in [-0.2, 0) is 0 Å². The number of hydrogen-bond acceptors (Lipinski definition) is 3. The van der Waals surface area contributed by atoms with E-state index in [2.05, 4.69) is 18.9 Å². The lowest BCUT2D eigenvalue weighted by Gasteiger charge is -2.44. The quantitative estimate of drug-likeness (QED) is 0.657. The first-order chi connectivity index (χ1) is 5.99. The molecule has 13 heavy (non-hydrogen) atoms. The van der Waals surface area contributed by atoms with Crippen LogP contribution in [0.5, 0.6) is 0 Å². The van der Waals surface area contributed by atoms with Gasteiger partial charge in [-0.3, -0.25) is 0 Å². The van der Waals surface area contributed by atoms with E-state index in [1.54, 1.807) is 0 Å². The van der Waals surface area contributed by atoms with Crippen molar-refractivity contribution in [3.05, 3.63) is 0 Å². The normalized spacial score (nSPS) is 39.0. The first-order valence-corrected chi connectivity index (χ1v) is 5.12. The van der Waals surface area contributed by atoms with Gasteiger partial charge in [-0.15, -0.1) is 0 Å². The van der Waals surface area contributed by atoms with Crippen LogP contribution >= 0.6 is 0 Å². The minimum atomic E-state index is -0.527. The van der Waals surface area contributed by atoms with Crippen molar-refractivity contribution >= 4 is 0 Å². The summed E-state index contributed by atoms with van der Waals surface area (Å²) in [6.45, 7) is 5.75. The number of rotatable bonds is 2. The highest BCUT2D eigenvalue weighted by atomic mass is 16.3. The predicted octanol–water partition coefficient (Wildman–Crippen LogP) is 0.426. The van der Waals surface area contributed by atoms with Gasteiger partial charge in [0, 0.05) is 12.6 Å². The molecule has 0 radical (unpaired) electrons. The molecule has 0 saturated carbocycles. The van der Waals surface area contributed by atoms with Crippen LogP contribution in [0.25, 0.3) is 0 Å². The van der Waals surface area contributed by atoms with Gasteiger partial charge in [0.25, 0.3) is 0 Å². The third-order valence-corrected chi connectivity index (χ3v) is 3.57. The molecule has 0 aromatic heterocycles. The van der Waals surface area contributed by atoms with E-state index >= 15 is 0 Å². The van der Waals surface area contributed by atoms with Gasteiger partial charge in [-0.25, -0.2) is 0 Å². The summed E-state index contributed by atoms with van der Waals surface area (Å²) in [5.74, 6) is 0.212. The van der Waals surface area contributed by atoms with Crippen LogP contribution in [0, 0.1) is 5.92 Å². The third-order valence-electron chi connectivity index (χ3n) is 3.57. The van der Waals surface area contributed by atoms with E-state index in [1.807, 2.05) is 6.92 Å². The Morgan fingerprint density at radius 3 is 2.77 bits per heavy atom. The van der Waals surface area contributed by atoms with Crippen LogP contribution in [0.2, 0.25) is 0 Å². The summed E-state index contributed by atoms with van der Waals surface area (Å²) >= 11 is 0. The first-order valence-electron chi connectivity index (χ1n) is 5.12. The van der Waals surface area contributed by atoms with Gasteiger partial charge >= 0.3 is 0 Å². The molecule has 1 aliphatic heterocycles. The van der Waals surface area contributed by atoms with Crippen LogP contribution in [0.4, 0.5) is 0 Å². The van der Waals surface area contributed by atoms with E-state index in [0.29, 0.717) is 12.6 Å². The van der Waals surface area contributed by atoms with Crippen LogP contribution in [0.3, 0.4) is 0 Å². The summed E-state index contributed by atoms with van der Waals surface area (Å²) in [6, 6.07) is 0.466. The summed E-state index contributed by atoms with van der Waals surface area (Å²) < 4.78 is 0. The number of hydrogen-bond donors (Lipinski definition) is 2. The van der Waals surface area contributed by atoms with Crippen LogP contribution in [0.1, 0.15) is 26.7 Å². The smallest absolute Gasteiger partial charge is 0.0712 e. The molecule has 0 aliphatic carbocycles. The Labute approximate surface area is 80.9 Å². The Kier molecular flexibility index (Phi) is 3.33. The molecular weight excluding hydrogens is 164 g/mol. The predicted molar refractivity (Wildman–Crippen MR) is 54.5 cm³/mol. The molecule has 0 amide bonds. The Balaban J connectivity index is 2.61. The van der Waals surface area contributed by atoms with Gasteiger partial charge in [-0.05, 0) is 39.3 Å². The van der Waals surface area contributed by atoms with Crippen molar-refractivity contribution in [2.45, 2.75) is 38.3 Å². The minimum absolute atomic E-state index is 0.212. The molecule has 3 heteroatoms. The highest BCUT2D eigenvalue weighted by Crippen LogP contribution is 2.31. The summed E-state index contributed by atoms with van der Waals surface area (Å²) in [5.41, 5.74) is 5.07. The molecule has 1 aliphatic rings. The average molecular weight is 186 g/mol. The minimum Gasteiger partial charge on any atom is -0.389 e. The van der Waals surface area contributed by atoms with Crippen LogP contribution < -0.4 is 5.73 Å². The third kappa shape index (κ3) is 2.22. The molecule has 1 rings (SSSR count). The van der Waals surface area contributed by atoms with Gasteiger partial charge < -0.3 is 15.7 Å². The summed E-state index contributed by atoms with van der Waals surface area (Å²) in [6.07, 6.45) is 1.70. The van der Waals surface area contributed by atoms with Gasteiger partial charge in [0.05, 0.1) is 5.60 Å². The maximum Gasteiger partial charge on any atom is 0.0712 e. The number of nitrogens with two attached hydrogens (primary N) is 1. The van der Waals surface area contributed by atoms with Gasteiger partial charge in [0.15, 0.2) is 0 Å². The highest BCUT2D eigenvalue weighted by molar-refractivity contribution is 4.92. The molecule has 1 heterocycles. The average Bonchev–Trinajstić information content (AvgIpc) is 2.11. The van der Waals surface area contributed by atoms with E-state index in [0.717, 1.165) is 19.4 Å². The van der Waals surface area contributed by atoms with E-state index in [1.165, 1.54) is 0 Å². The van der Waals surface area contributed by atoms with E-state index in [-0.39, 0.29) is 5.92 Å². The molecule has 1 saturated heterocycles. The summed E-state index contributed by atoms with van der Waals surface area (Å²) in [5, 5.41) is 10.3. The standard InChI is InChI=1S/C10H22N2O/c1-8(7-11)10(13)4-5-12(3)9(2)6-10/h8-9,13H,4-7,11H2,1-3H3. The van der Waals surface area contributed by atoms with Gasteiger partial charge in [-0.1, -0.05) is 6.92 Å². The first kappa shape index (κ1) is 11.0. The molecule has 0 spiro atoms. The fourth-order valence-corrected chi connectivity index (χ4v) is 2.03. The van der Waals surface area contributed by atoms with Crippen molar-refractivity contribution in [2.24, 2.45) is 11.7 Å². The van der Waals surface area contributed by atoms with Crippen molar-refractivity contribution in [1.82, 2.24) is 4.90 Å². The van der Waals surface area contributed by atoms with E-state index in [4.69, 9.17) is 5.73 Å². The topological polar surface area (TPSA) is 49.5 Å². The second-order valence-corrected chi connectivity index (χ2v) is 4.52. The second kappa shape index (κ2) is 3.95.